The number of aromatic amines is 1. The maximum absolute atomic E-state index is 13.0. The number of imidazole rings is 1. The Morgan fingerprint density at radius 2 is 1.97 bits per heavy atom. The minimum Gasteiger partial charge on any atom is -0.475 e. The van der Waals surface area contributed by atoms with Gasteiger partial charge < -0.3 is 10.1 Å². The van der Waals surface area contributed by atoms with Crippen LogP contribution in [0.1, 0.15) is 26.2 Å². The van der Waals surface area contributed by atoms with E-state index >= 15 is 0 Å². The van der Waals surface area contributed by atoms with Crippen LogP contribution in [0.3, 0.4) is 0 Å². The van der Waals surface area contributed by atoms with Crippen LogP contribution in [0.15, 0.2) is 28.1 Å². The van der Waals surface area contributed by atoms with Gasteiger partial charge in [0.2, 0.25) is 5.78 Å². The molecule has 0 aliphatic carbocycles. The lowest BCUT2D eigenvalue weighted by Crippen LogP contribution is -2.21. The number of fused-ring (bicyclic) bond motifs is 2. The normalized spacial score (nSPS) is 11.5. The Morgan fingerprint density at radius 3 is 2.56 bits per heavy atom. The second-order valence-corrected chi connectivity index (χ2v) is 7.19. The molecule has 32 heavy (non-hydrogen) atoms. The van der Waals surface area contributed by atoms with Gasteiger partial charge in [-0.3, -0.25) is 14.3 Å². The number of aryl methyl sites for hydroxylation is 1. The third-order valence-electron chi connectivity index (χ3n) is 4.24. The van der Waals surface area contributed by atoms with Crippen molar-refractivity contribution in [2.45, 2.75) is 38.9 Å². The highest BCUT2D eigenvalue weighted by atomic mass is 79.9. The molecule has 0 bridgehead atoms. The third-order valence-corrected chi connectivity index (χ3v) is 4.61. The van der Waals surface area contributed by atoms with E-state index in [0.717, 1.165) is 19.3 Å². The van der Waals surface area contributed by atoms with Crippen LogP contribution in [0.2, 0.25) is 0 Å². The molecule has 4 rings (SSSR count). The molecule has 0 radical (unpaired) electrons. The summed E-state index contributed by atoms with van der Waals surface area (Å²) in [7, 11) is 0. The number of alkyl halides is 3. The molecule has 0 spiro atoms. The fourth-order valence-corrected chi connectivity index (χ4v) is 3.20. The minimum atomic E-state index is -5.08. The van der Waals surface area contributed by atoms with Gasteiger partial charge in [-0.1, -0.05) is 19.8 Å². The standard InChI is InChI=1S/C15H15BrN8O.C2HF3O2/c1-2-3-4-7-23-12-10(19-14(16)20-12)13(25)24-11(21-22-15(23)24)9-8-17-5-6-18-9;3-2(4,5)1(6)7/h5-6,8H,2-4,7H2,1H3,(H,19,20);(H,6,7). The molecule has 4 heterocycles. The molecule has 0 amide bonds. The molecule has 15 heteroatoms. The number of nitrogens with zero attached hydrogens (tertiary/aromatic N) is 7. The quantitative estimate of drug-likeness (QED) is 0.304. The van der Waals surface area contributed by atoms with Crippen LogP contribution < -0.4 is 5.56 Å². The summed E-state index contributed by atoms with van der Waals surface area (Å²) in [5.74, 6) is -1.94. The van der Waals surface area contributed by atoms with Gasteiger partial charge in [-0.15, -0.1) is 10.2 Å². The van der Waals surface area contributed by atoms with E-state index in [4.69, 9.17) is 9.90 Å². The maximum Gasteiger partial charge on any atom is 0.490 e. The summed E-state index contributed by atoms with van der Waals surface area (Å²) in [4.78, 5) is 37.5. The number of halogens is 4. The highest BCUT2D eigenvalue weighted by molar-refractivity contribution is 9.10. The van der Waals surface area contributed by atoms with Crippen LogP contribution >= 0.6 is 15.9 Å². The molecule has 170 valence electrons. The summed E-state index contributed by atoms with van der Waals surface area (Å²) >= 11 is 3.31. The molecule has 0 atom stereocenters. The van der Waals surface area contributed by atoms with Crippen LogP contribution in [-0.2, 0) is 11.3 Å². The monoisotopic (exact) mass is 516 g/mol. The van der Waals surface area contributed by atoms with E-state index < -0.39 is 12.1 Å². The number of aromatic nitrogens is 8. The number of hydrogen-bond donors (Lipinski definition) is 2. The lowest BCUT2D eigenvalue weighted by molar-refractivity contribution is -0.192. The zero-order valence-electron chi connectivity index (χ0n) is 16.5. The lowest BCUT2D eigenvalue weighted by Gasteiger charge is -2.09. The van der Waals surface area contributed by atoms with Crippen LogP contribution in [0, 0.1) is 0 Å². The van der Waals surface area contributed by atoms with Crippen molar-refractivity contribution in [3.8, 4) is 11.5 Å². The Labute approximate surface area is 185 Å². The average molecular weight is 517 g/mol. The van der Waals surface area contributed by atoms with Crippen molar-refractivity contribution >= 4 is 38.8 Å². The summed E-state index contributed by atoms with van der Waals surface area (Å²) in [6, 6.07) is 0. The van der Waals surface area contributed by atoms with Gasteiger partial charge in [0.1, 0.15) is 5.69 Å². The summed E-state index contributed by atoms with van der Waals surface area (Å²) in [6.45, 7) is 2.84. The van der Waals surface area contributed by atoms with E-state index in [1.807, 2.05) is 4.57 Å². The molecule has 0 unspecified atom stereocenters. The van der Waals surface area contributed by atoms with E-state index in [2.05, 4.69) is 53.0 Å². The molecule has 4 aromatic heterocycles. The van der Waals surface area contributed by atoms with Crippen molar-refractivity contribution in [3.05, 3.63) is 33.7 Å². The summed E-state index contributed by atoms with van der Waals surface area (Å²) < 4.78 is 35.6. The van der Waals surface area contributed by atoms with Crippen molar-refractivity contribution in [2.75, 3.05) is 0 Å². The SMILES string of the molecule is CCCCCn1c2nc(Br)[nH]c2c(=O)n2c(-c3cnccn3)nnc12.O=C(O)C(F)(F)F. The first-order valence-corrected chi connectivity index (χ1v) is 10.0. The van der Waals surface area contributed by atoms with E-state index in [-0.39, 0.29) is 5.56 Å². The molecule has 11 nitrogen and oxygen atoms in total. The molecule has 0 aliphatic heterocycles. The van der Waals surface area contributed by atoms with E-state index in [0.29, 0.717) is 39.7 Å². The van der Waals surface area contributed by atoms with Gasteiger partial charge in [-0.05, 0) is 22.4 Å². The lowest BCUT2D eigenvalue weighted by atomic mass is 10.2. The summed E-state index contributed by atoms with van der Waals surface area (Å²) in [6.07, 6.45) is 2.74. The third kappa shape index (κ3) is 4.76. The number of nitrogens with one attached hydrogen (secondary N) is 1. The average Bonchev–Trinajstić information content (AvgIpc) is 3.35. The first-order valence-electron chi connectivity index (χ1n) is 9.24. The van der Waals surface area contributed by atoms with Crippen LogP contribution in [0.4, 0.5) is 13.2 Å². The molecule has 0 fully saturated rings. The number of carboxylic acid groups (broad SMARTS) is 1. The Morgan fingerprint density at radius 1 is 1.25 bits per heavy atom. The minimum absolute atomic E-state index is 0.263. The number of rotatable bonds is 5. The predicted molar refractivity (Wildman–Crippen MR) is 109 cm³/mol. The largest absolute Gasteiger partial charge is 0.490 e. The Kier molecular flexibility index (Phi) is 6.86. The first kappa shape index (κ1) is 23.3. The van der Waals surface area contributed by atoms with Gasteiger partial charge in [0.15, 0.2) is 21.7 Å². The van der Waals surface area contributed by atoms with Gasteiger partial charge in [0.25, 0.3) is 5.56 Å². The summed E-state index contributed by atoms with van der Waals surface area (Å²) in [5.41, 5.74) is 1.20. The van der Waals surface area contributed by atoms with Crippen LogP contribution in [0.25, 0.3) is 28.5 Å². The Hall–Kier alpha value is -3.36. The van der Waals surface area contributed by atoms with Gasteiger partial charge in [0.05, 0.1) is 6.20 Å². The molecule has 0 saturated carbocycles. The van der Waals surface area contributed by atoms with Gasteiger partial charge in [-0.2, -0.15) is 13.2 Å². The van der Waals surface area contributed by atoms with Gasteiger partial charge in [0, 0.05) is 18.9 Å². The number of aliphatic carboxylic acids is 1. The Bertz CT molecular complexity index is 1300. The number of hydrogen-bond acceptors (Lipinski definition) is 7. The smallest absolute Gasteiger partial charge is 0.475 e. The predicted octanol–water partition coefficient (Wildman–Crippen LogP) is 2.81. The fraction of sp³-hybridized carbons (Fsp3) is 0.353. The maximum atomic E-state index is 13.0. The van der Waals surface area contributed by atoms with Crippen LogP contribution in [-0.4, -0.2) is 56.4 Å². The topological polar surface area (TPSA) is 144 Å². The van der Waals surface area contributed by atoms with Gasteiger partial charge >= 0.3 is 12.1 Å². The number of unbranched alkanes of at least 4 members (excludes halogenated alkanes) is 2. The molecule has 0 aromatic carbocycles. The second-order valence-electron chi connectivity index (χ2n) is 6.44. The molecular weight excluding hydrogens is 501 g/mol. The molecule has 0 aliphatic rings. The summed E-state index contributed by atoms with van der Waals surface area (Å²) in [5, 5.41) is 15.5. The van der Waals surface area contributed by atoms with Gasteiger partial charge in [-0.25, -0.2) is 19.2 Å². The van der Waals surface area contributed by atoms with Crippen LogP contribution in [0.5, 0.6) is 0 Å². The number of carboxylic acids is 1. The molecule has 0 saturated heterocycles. The van der Waals surface area contributed by atoms with E-state index in [9.17, 15) is 18.0 Å². The first-order chi connectivity index (χ1) is 15.1. The zero-order chi connectivity index (χ0) is 23.5. The van der Waals surface area contributed by atoms with Crippen molar-refractivity contribution in [3.63, 3.8) is 0 Å². The van der Waals surface area contributed by atoms with E-state index in [1.165, 1.54) is 4.40 Å². The zero-order valence-corrected chi connectivity index (χ0v) is 18.1. The van der Waals surface area contributed by atoms with Crippen molar-refractivity contribution in [1.29, 1.82) is 0 Å². The fourth-order valence-electron chi connectivity index (χ4n) is 2.83. The molecule has 2 N–H and O–H groups in total. The Balaban J connectivity index is 0.000000360. The molecule has 4 aromatic rings. The number of H-pyrrole nitrogens is 1. The highest BCUT2D eigenvalue weighted by Crippen LogP contribution is 2.19. The highest BCUT2D eigenvalue weighted by Gasteiger charge is 2.38. The second kappa shape index (κ2) is 9.42. The van der Waals surface area contributed by atoms with E-state index in [1.54, 1.807) is 18.6 Å². The number of carbonyl (C=O) groups is 1. The van der Waals surface area contributed by atoms with Crippen molar-refractivity contribution in [1.82, 2.24) is 39.1 Å². The van der Waals surface area contributed by atoms with Crippen molar-refractivity contribution in [2.24, 2.45) is 0 Å². The molecular formula is C17H16BrF3N8O3. The van der Waals surface area contributed by atoms with Crippen molar-refractivity contribution < 1.29 is 23.1 Å².